The molecule has 1 atom stereocenters. The molecule has 106 valence electrons. The molecule has 0 aliphatic rings. The van der Waals surface area contributed by atoms with E-state index in [1.165, 1.54) is 6.07 Å². The van der Waals surface area contributed by atoms with Crippen LogP contribution in [0, 0.1) is 10.1 Å². The van der Waals surface area contributed by atoms with Crippen LogP contribution < -0.4 is 0 Å². The highest BCUT2D eigenvalue weighted by atomic mass is 35.5. The lowest BCUT2D eigenvalue weighted by molar-refractivity contribution is -0.384. The Kier molecular flexibility index (Phi) is 6.81. The van der Waals surface area contributed by atoms with E-state index in [2.05, 4.69) is 18.7 Å². The third-order valence-electron chi connectivity index (χ3n) is 3.14. The van der Waals surface area contributed by atoms with Crippen molar-refractivity contribution in [1.29, 1.82) is 0 Å². The summed E-state index contributed by atoms with van der Waals surface area (Å²) in [5, 5.41) is 10.5. The van der Waals surface area contributed by atoms with Gasteiger partial charge < -0.3 is 4.90 Å². The number of non-ortho nitro benzene ring substituents is 1. The van der Waals surface area contributed by atoms with E-state index in [1.54, 1.807) is 12.1 Å². The van der Waals surface area contributed by atoms with Gasteiger partial charge in [-0.1, -0.05) is 32.4 Å². The van der Waals surface area contributed by atoms with E-state index in [0.717, 1.165) is 38.0 Å². The first-order valence-electron chi connectivity index (χ1n) is 6.69. The summed E-state index contributed by atoms with van der Waals surface area (Å²) in [4.78, 5) is 12.6. The first-order chi connectivity index (χ1) is 9.08. The highest BCUT2D eigenvalue weighted by molar-refractivity contribution is 6.21. The Morgan fingerprint density at radius 2 is 2.16 bits per heavy atom. The number of benzene rings is 1. The van der Waals surface area contributed by atoms with Gasteiger partial charge in [-0.15, -0.1) is 11.6 Å². The van der Waals surface area contributed by atoms with Crippen LogP contribution in [0.25, 0.3) is 0 Å². The van der Waals surface area contributed by atoms with E-state index in [1.807, 2.05) is 6.07 Å². The smallest absolute Gasteiger partial charge is 0.269 e. The number of nitro benzene ring substituents is 1. The Balaban J connectivity index is 2.68. The van der Waals surface area contributed by atoms with Crippen LogP contribution >= 0.6 is 11.6 Å². The van der Waals surface area contributed by atoms with E-state index in [-0.39, 0.29) is 16.0 Å². The summed E-state index contributed by atoms with van der Waals surface area (Å²) in [7, 11) is 0. The molecule has 0 fully saturated rings. The second-order valence-corrected chi connectivity index (χ2v) is 5.09. The van der Waals surface area contributed by atoms with Crippen molar-refractivity contribution < 1.29 is 4.92 Å². The summed E-state index contributed by atoms with van der Waals surface area (Å²) in [6, 6.07) is 6.58. The normalized spacial score (nSPS) is 12.6. The summed E-state index contributed by atoms with van der Waals surface area (Å²) < 4.78 is 0. The lowest BCUT2D eigenvalue weighted by Crippen LogP contribution is -2.28. The summed E-state index contributed by atoms with van der Waals surface area (Å²) in [5.41, 5.74) is 0.908. The number of nitro groups is 1. The van der Waals surface area contributed by atoms with Crippen molar-refractivity contribution >= 4 is 17.3 Å². The Labute approximate surface area is 119 Å². The van der Waals surface area contributed by atoms with Gasteiger partial charge >= 0.3 is 0 Å². The topological polar surface area (TPSA) is 46.4 Å². The number of likely N-dealkylation sites (N-methyl/N-ethyl adjacent to an activating group) is 1. The molecule has 4 nitrogen and oxygen atoms in total. The summed E-state index contributed by atoms with van der Waals surface area (Å²) in [6.07, 6.45) is 2.30. The van der Waals surface area contributed by atoms with E-state index in [9.17, 15) is 10.1 Å². The van der Waals surface area contributed by atoms with Gasteiger partial charge in [0.1, 0.15) is 0 Å². The number of rotatable bonds is 8. The average Bonchev–Trinajstić information content (AvgIpc) is 2.43. The zero-order valence-electron chi connectivity index (χ0n) is 11.5. The fourth-order valence-corrected chi connectivity index (χ4v) is 2.26. The van der Waals surface area contributed by atoms with Crippen molar-refractivity contribution in [2.75, 3.05) is 19.6 Å². The number of hydrogen-bond donors (Lipinski definition) is 0. The van der Waals surface area contributed by atoms with E-state index in [0.29, 0.717) is 0 Å². The van der Waals surface area contributed by atoms with Gasteiger partial charge in [0.2, 0.25) is 0 Å². The van der Waals surface area contributed by atoms with Crippen LogP contribution in [-0.4, -0.2) is 29.5 Å². The lowest BCUT2D eigenvalue weighted by Gasteiger charge is -2.23. The van der Waals surface area contributed by atoms with Crippen LogP contribution in [0.3, 0.4) is 0 Å². The van der Waals surface area contributed by atoms with Crippen molar-refractivity contribution in [3.8, 4) is 0 Å². The first-order valence-corrected chi connectivity index (χ1v) is 7.12. The minimum atomic E-state index is -0.387. The Morgan fingerprint density at radius 1 is 1.42 bits per heavy atom. The SMILES string of the molecule is CCCCN(CC)CC(Cl)c1cccc([N+](=O)[O-])c1. The molecule has 1 unspecified atom stereocenters. The van der Waals surface area contributed by atoms with E-state index in [4.69, 9.17) is 11.6 Å². The molecule has 1 aromatic rings. The van der Waals surface area contributed by atoms with Crippen LogP contribution in [0.5, 0.6) is 0 Å². The van der Waals surface area contributed by atoms with Gasteiger partial charge in [0.15, 0.2) is 0 Å². The highest BCUT2D eigenvalue weighted by Crippen LogP contribution is 2.25. The van der Waals surface area contributed by atoms with Gasteiger partial charge in [-0.05, 0) is 25.1 Å². The van der Waals surface area contributed by atoms with E-state index >= 15 is 0 Å². The molecule has 0 N–H and O–H groups in total. The maximum absolute atomic E-state index is 10.7. The lowest BCUT2D eigenvalue weighted by atomic mass is 10.1. The van der Waals surface area contributed by atoms with Gasteiger partial charge in [0.25, 0.3) is 5.69 Å². The summed E-state index contributed by atoms with van der Waals surface area (Å²) >= 11 is 6.37. The molecule has 0 saturated carbocycles. The van der Waals surface area contributed by atoms with Gasteiger partial charge in [-0.3, -0.25) is 10.1 Å². The van der Waals surface area contributed by atoms with E-state index < -0.39 is 0 Å². The minimum absolute atomic E-state index is 0.0970. The van der Waals surface area contributed by atoms with Crippen molar-refractivity contribution in [1.82, 2.24) is 4.90 Å². The number of nitrogens with zero attached hydrogens (tertiary/aromatic N) is 2. The molecule has 0 amide bonds. The van der Waals surface area contributed by atoms with Crippen LogP contribution in [0.2, 0.25) is 0 Å². The maximum Gasteiger partial charge on any atom is 0.269 e. The quantitative estimate of drug-likeness (QED) is 0.412. The fraction of sp³-hybridized carbons (Fsp3) is 0.571. The molecule has 1 rings (SSSR count). The molecule has 1 aromatic carbocycles. The van der Waals surface area contributed by atoms with Crippen LogP contribution in [-0.2, 0) is 0 Å². The molecule has 0 spiro atoms. The van der Waals surface area contributed by atoms with Crippen LogP contribution in [0.4, 0.5) is 5.69 Å². The third kappa shape index (κ3) is 5.17. The molecular formula is C14H21ClN2O2. The molecule has 0 saturated heterocycles. The van der Waals surface area contributed by atoms with Crippen molar-refractivity contribution in [2.45, 2.75) is 32.1 Å². The molecular weight excluding hydrogens is 264 g/mol. The number of hydrogen-bond acceptors (Lipinski definition) is 3. The second-order valence-electron chi connectivity index (χ2n) is 4.57. The molecule has 0 aliphatic heterocycles. The Morgan fingerprint density at radius 3 is 2.74 bits per heavy atom. The molecule has 0 heterocycles. The average molecular weight is 285 g/mol. The van der Waals surface area contributed by atoms with Crippen molar-refractivity contribution in [3.05, 3.63) is 39.9 Å². The predicted octanol–water partition coefficient (Wildman–Crippen LogP) is 4.00. The zero-order valence-corrected chi connectivity index (χ0v) is 12.3. The molecule has 0 aromatic heterocycles. The Hall–Kier alpha value is -1.13. The Bertz CT molecular complexity index is 412. The molecule has 19 heavy (non-hydrogen) atoms. The third-order valence-corrected chi connectivity index (χ3v) is 3.53. The molecule has 0 bridgehead atoms. The van der Waals surface area contributed by atoms with Crippen LogP contribution in [0.15, 0.2) is 24.3 Å². The number of unbranched alkanes of at least 4 members (excludes halogenated alkanes) is 1. The number of alkyl halides is 1. The van der Waals surface area contributed by atoms with Crippen LogP contribution in [0.1, 0.15) is 37.6 Å². The van der Waals surface area contributed by atoms with Crippen molar-refractivity contribution in [3.63, 3.8) is 0 Å². The molecule has 0 radical (unpaired) electrons. The fourth-order valence-electron chi connectivity index (χ4n) is 1.93. The zero-order chi connectivity index (χ0) is 14.3. The second kappa shape index (κ2) is 8.12. The maximum atomic E-state index is 10.7. The highest BCUT2D eigenvalue weighted by Gasteiger charge is 2.15. The van der Waals surface area contributed by atoms with Gasteiger partial charge in [0.05, 0.1) is 10.3 Å². The molecule has 5 heteroatoms. The van der Waals surface area contributed by atoms with Gasteiger partial charge in [-0.25, -0.2) is 0 Å². The monoisotopic (exact) mass is 284 g/mol. The van der Waals surface area contributed by atoms with Crippen molar-refractivity contribution in [2.24, 2.45) is 0 Å². The molecule has 0 aliphatic carbocycles. The largest absolute Gasteiger partial charge is 0.302 e. The van der Waals surface area contributed by atoms with Gasteiger partial charge in [0, 0.05) is 18.7 Å². The van der Waals surface area contributed by atoms with Gasteiger partial charge in [-0.2, -0.15) is 0 Å². The standard InChI is InChI=1S/C14H21ClN2O2/c1-3-5-9-16(4-2)11-14(15)12-7-6-8-13(10-12)17(18)19/h6-8,10,14H,3-5,9,11H2,1-2H3. The predicted molar refractivity (Wildman–Crippen MR) is 78.7 cm³/mol. The minimum Gasteiger partial charge on any atom is -0.302 e. The summed E-state index contributed by atoms with van der Waals surface area (Å²) in [5.74, 6) is 0. The first kappa shape index (κ1) is 15.9. The number of halogens is 1. The summed E-state index contributed by atoms with van der Waals surface area (Å²) in [6.45, 7) is 6.95.